The molecular formula is C15H20N4O3. The van der Waals surface area contributed by atoms with E-state index in [1.165, 1.54) is 0 Å². The van der Waals surface area contributed by atoms with E-state index >= 15 is 0 Å². The number of unbranched alkanes of at least 4 members (excludes halogenated alkanes) is 1. The van der Waals surface area contributed by atoms with Crippen LogP contribution in [-0.4, -0.2) is 30.3 Å². The van der Waals surface area contributed by atoms with E-state index < -0.39 is 12.0 Å². The van der Waals surface area contributed by atoms with Crippen molar-refractivity contribution in [2.45, 2.75) is 25.3 Å². The molecule has 0 spiro atoms. The highest BCUT2D eigenvalue weighted by Gasteiger charge is 2.07. The number of nitrogens with zero attached hydrogens (tertiary/aromatic N) is 3. The van der Waals surface area contributed by atoms with Crippen LogP contribution in [0.25, 0.3) is 16.5 Å². The molecule has 0 aliphatic carbocycles. The van der Waals surface area contributed by atoms with E-state index in [4.69, 9.17) is 21.1 Å². The van der Waals surface area contributed by atoms with Crippen molar-refractivity contribution in [1.82, 2.24) is 0 Å². The molecule has 0 fully saturated rings. The molecule has 1 atom stereocenters. The summed E-state index contributed by atoms with van der Waals surface area (Å²) in [6.07, 6.45) is 5.48. The molecule has 3 N–H and O–H groups in total. The molecule has 0 radical (unpaired) electrons. The van der Waals surface area contributed by atoms with Crippen LogP contribution in [0.2, 0.25) is 0 Å². The van der Waals surface area contributed by atoms with E-state index in [-0.39, 0.29) is 0 Å². The van der Waals surface area contributed by atoms with Crippen LogP contribution in [0, 0.1) is 0 Å². The topological polar surface area (TPSA) is 121 Å². The summed E-state index contributed by atoms with van der Waals surface area (Å²) < 4.78 is 5.56. The zero-order valence-corrected chi connectivity index (χ0v) is 12.3. The van der Waals surface area contributed by atoms with E-state index in [0.29, 0.717) is 19.6 Å². The molecule has 0 saturated carbocycles. The van der Waals surface area contributed by atoms with Crippen molar-refractivity contribution in [2.75, 3.05) is 13.2 Å². The fourth-order valence-electron chi connectivity index (χ4n) is 1.65. The number of hydrogen-bond acceptors (Lipinski definition) is 4. The number of carbonyl (C=O) groups is 1. The molecule has 0 amide bonds. The van der Waals surface area contributed by atoms with Gasteiger partial charge in [-0.1, -0.05) is 29.4 Å². The van der Waals surface area contributed by atoms with Gasteiger partial charge in [-0.3, -0.25) is 4.79 Å². The highest BCUT2D eigenvalue weighted by molar-refractivity contribution is 5.73. The summed E-state index contributed by atoms with van der Waals surface area (Å²) in [7, 11) is 0. The van der Waals surface area contributed by atoms with Gasteiger partial charge in [0.1, 0.15) is 11.8 Å². The molecule has 0 bridgehead atoms. The van der Waals surface area contributed by atoms with Crippen molar-refractivity contribution in [3.05, 3.63) is 46.3 Å². The molecule has 0 unspecified atom stereocenters. The van der Waals surface area contributed by atoms with Gasteiger partial charge in [0.25, 0.3) is 0 Å². The molecule has 1 rings (SSSR count). The SMILES string of the molecule is [N-]=[N+]=NCCCCOc1ccc(/C=C\C[C@H](N)C(=O)O)cc1. The first-order chi connectivity index (χ1) is 10.6. The highest BCUT2D eigenvalue weighted by Crippen LogP contribution is 2.14. The number of ether oxygens (including phenoxy) is 1. The first-order valence-corrected chi connectivity index (χ1v) is 7.02. The normalized spacial score (nSPS) is 11.9. The maximum absolute atomic E-state index is 10.6. The fraction of sp³-hybridized carbons (Fsp3) is 0.400. The summed E-state index contributed by atoms with van der Waals surface area (Å²) in [5, 5.41) is 12.1. The van der Waals surface area contributed by atoms with Crippen molar-refractivity contribution in [3.8, 4) is 5.75 Å². The molecular weight excluding hydrogens is 284 g/mol. The number of aliphatic carboxylic acids is 1. The zero-order chi connectivity index (χ0) is 16.2. The first-order valence-electron chi connectivity index (χ1n) is 7.02. The van der Waals surface area contributed by atoms with Crippen LogP contribution >= 0.6 is 0 Å². The standard InChI is InChI=1S/C15H20N4O3/c16-14(15(20)21)5-3-4-12-6-8-13(9-7-12)22-11-2-1-10-18-19-17/h3-4,6-9,14H,1-2,5,10-11,16H2,(H,20,21)/b4-3-/t14-/m0/s1. The van der Waals surface area contributed by atoms with E-state index in [1.54, 1.807) is 6.08 Å². The second-order valence-corrected chi connectivity index (χ2v) is 4.66. The van der Waals surface area contributed by atoms with Gasteiger partial charge in [0.05, 0.1) is 6.61 Å². The minimum Gasteiger partial charge on any atom is -0.494 e. The zero-order valence-electron chi connectivity index (χ0n) is 12.3. The number of azide groups is 1. The van der Waals surface area contributed by atoms with Gasteiger partial charge in [-0.15, -0.1) is 0 Å². The quantitative estimate of drug-likeness (QED) is 0.298. The Kier molecular flexibility index (Phi) is 8.18. The Morgan fingerprint density at radius 2 is 2.14 bits per heavy atom. The molecule has 7 nitrogen and oxygen atoms in total. The van der Waals surface area contributed by atoms with E-state index in [9.17, 15) is 4.79 Å². The maximum atomic E-state index is 10.6. The van der Waals surface area contributed by atoms with Gasteiger partial charge in [0.2, 0.25) is 0 Å². The van der Waals surface area contributed by atoms with Crippen LogP contribution in [0.15, 0.2) is 35.5 Å². The molecule has 22 heavy (non-hydrogen) atoms. The summed E-state index contributed by atoms with van der Waals surface area (Å²) in [6.45, 7) is 1.06. The summed E-state index contributed by atoms with van der Waals surface area (Å²) in [6, 6.07) is 6.61. The Bertz CT molecular complexity index is 536. The van der Waals surface area contributed by atoms with Crippen LogP contribution in [0.1, 0.15) is 24.8 Å². The summed E-state index contributed by atoms with van der Waals surface area (Å²) >= 11 is 0. The summed E-state index contributed by atoms with van der Waals surface area (Å²) in [5.74, 6) is -0.239. The number of carboxylic acids is 1. The first kappa shape index (κ1) is 17.6. The molecule has 0 saturated heterocycles. The Morgan fingerprint density at radius 3 is 2.77 bits per heavy atom. The lowest BCUT2D eigenvalue weighted by molar-refractivity contribution is -0.138. The van der Waals surface area contributed by atoms with Crippen LogP contribution < -0.4 is 10.5 Å². The number of nitrogens with two attached hydrogens (primary N) is 1. The third-order valence-electron chi connectivity index (χ3n) is 2.88. The number of rotatable bonds is 10. The highest BCUT2D eigenvalue weighted by atomic mass is 16.5. The third kappa shape index (κ3) is 7.33. The van der Waals surface area contributed by atoms with Gasteiger partial charge in [-0.2, -0.15) is 0 Å². The van der Waals surface area contributed by atoms with Crippen molar-refractivity contribution in [3.63, 3.8) is 0 Å². The Labute approximate surface area is 129 Å². The minimum atomic E-state index is -1.01. The minimum absolute atomic E-state index is 0.290. The van der Waals surface area contributed by atoms with Crippen LogP contribution in [0.5, 0.6) is 5.75 Å². The van der Waals surface area contributed by atoms with E-state index in [1.807, 2.05) is 30.3 Å². The second kappa shape index (κ2) is 10.3. The van der Waals surface area contributed by atoms with Crippen LogP contribution in [-0.2, 0) is 4.79 Å². The predicted octanol–water partition coefficient (Wildman–Crippen LogP) is 2.97. The summed E-state index contributed by atoms with van der Waals surface area (Å²) in [5.41, 5.74) is 14.5. The fourth-order valence-corrected chi connectivity index (χ4v) is 1.65. The lowest BCUT2D eigenvalue weighted by Crippen LogP contribution is -2.29. The van der Waals surface area contributed by atoms with Crippen molar-refractivity contribution < 1.29 is 14.6 Å². The Morgan fingerprint density at radius 1 is 1.41 bits per heavy atom. The molecule has 1 aromatic rings. The molecule has 7 heteroatoms. The number of hydrogen-bond donors (Lipinski definition) is 2. The van der Waals surface area contributed by atoms with E-state index in [2.05, 4.69) is 10.0 Å². The number of benzene rings is 1. The van der Waals surface area contributed by atoms with Gasteiger partial charge >= 0.3 is 5.97 Å². The van der Waals surface area contributed by atoms with Gasteiger partial charge in [-0.05, 0) is 42.5 Å². The maximum Gasteiger partial charge on any atom is 0.320 e. The third-order valence-corrected chi connectivity index (χ3v) is 2.88. The smallest absolute Gasteiger partial charge is 0.320 e. The van der Waals surface area contributed by atoms with Gasteiger partial charge in [0, 0.05) is 11.5 Å². The number of carboxylic acid groups (broad SMARTS) is 1. The van der Waals surface area contributed by atoms with Crippen molar-refractivity contribution in [1.29, 1.82) is 0 Å². The average Bonchev–Trinajstić information content (AvgIpc) is 2.52. The Balaban J connectivity index is 2.32. The lowest BCUT2D eigenvalue weighted by Gasteiger charge is -2.05. The van der Waals surface area contributed by atoms with Gasteiger partial charge in [0.15, 0.2) is 0 Å². The summed E-state index contributed by atoms with van der Waals surface area (Å²) in [4.78, 5) is 13.3. The average molecular weight is 304 g/mol. The lowest BCUT2D eigenvalue weighted by atomic mass is 10.1. The molecule has 0 heterocycles. The van der Waals surface area contributed by atoms with Crippen LogP contribution in [0.3, 0.4) is 0 Å². The molecule has 118 valence electrons. The van der Waals surface area contributed by atoms with Crippen molar-refractivity contribution in [2.24, 2.45) is 10.8 Å². The van der Waals surface area contributed by atoms with Gasteiger partial charge < -0.3 is 15.6 Å². The molecule has 0 aliphatic heterocycles. The Hall–Kier alpha value is -2.50. The van der Waals surface area contributed by atoms with Crippen molar-refractivity contribution >= 4 is 12.0 Å². The predicted molar refractivity (Wildman–Crippen MR) is 84.4 cm³/mol. The monoisotopic (exact) mass is 304 g/mol. The molecule has 0 aliphatic rings. The van der Waals surface area contributed by atoms with E-state index in [0.717, 1.165) is 24.2 Å². The van der Waals surface area contributed by atoms with Gasteiger partial charge in [-0.25, -0.2) is 0 Å². The largest absolute Gasteiger partial charge is 0.494 e. The molecule has 1 aromatic carbocycles. The van der Waals surface area contributed by atoms with Crippen LogP contribution in [0.4, 0.5) is 0 Å². The second-order valence-electron chi connectivity index (χ2n) is 4.66. The molecule has 0 aromatic heterocycles.